The van der Waals surface area contributed by atoms with Gasteiger partial charge in [-0.1, -0.05) is 11.6 Å². The third-order valence-corrected chi connectivity index (χ3v) is 4.50. The number of fused-ring (bicyclic) bond motifs is 1. The predicted molar refractivity (Wildman–Crippen MR) is 109 cm³/mol. The zero-order chi connectivity index (χ0) is 18.8. The lowest BCUT2D eigenvalue weighted by atomic mass is 10.1. The molecule has 0 atom stereocenters. The Morgan fingerprint density at radius 3 is 2.07 bits per heavy atom. The molecule has 0 fully saturated rings. The van der Waals surface area contributed by atoms with Crippen LogP contribution >= 0.6 is 0 Å². The summed E-state index contributed by atoms with van der Waals surface area (Å²) in [6.07, 6.45) is 0. The molecule has 3 aromatic carbocycles. The lowest BCUT2D eigenvalue weighted by molar-refractivity contribution is 0.414. The van der Waals surface area contributed by atoms with Gasteiger partial charge in [-0.15, -0.1) is 0 Å². The average Bonchev–Trinajstić information content (AvgIpc) is 3.06. The molecule has 0 aliphatic carbocycles. The van der Waals surface area contributed by atoms with Crippen LogP contribution in [-0.4, -0.2) is 24.0 Å². The summed E-state index contributed by atoms with van der Waals surface area (Å²) in [7, 11) is 3.33. The Bertz CT molecular complexity index is 1070. The molecule has 1 heterocycles. The first kappa shape index (κ1) is 17.0. The fourth-order valence-corrected chi connectivity index (χ4v) is 3.04. The molecule has 0 saturated heterocycles. The quantitative estimate of drug-likeness (QED) is 0.539. The first-order valence-electron chi connectivity index (χ1n) is 8.73. The third kappa shape index (κ3) is 3.31. The standard InChI is InChI=1S/C22H21N3O2/c1-15-4-13-21-20(14-15)22(23-16-5-9-18(26-2)10-6-16)25(24-21)17-7-11-19(27-3)12-8-17/h4-14,23H,1-3H3. The summed E-state index contributed by atoms with van der Waals surface area (Å²) in [5.41, 5.74) is 4.05. The summed E-state index contributed by atoms with van der Waals surface area (Å²) in [6, 6.07) is 22.0. The topological polar surface area (TPSA) is 48.3 Å². The van der Waals surface area contributed by atoms with Gasteiger partial charge in [-0.05, 0) is 67.6 Å². The summed E-state index contributed by atoms with van der Waals surface area (Å²) in [4.78, 5) is 0. The van der Waals surface area contributed by atoms with Crippen molar-refractivity contribution < 1.29 is 9.47 Å². The molecule has 0 spiro atoms. The van der Waals surface area contributed by atoms with Gasteiger partial charge in [0, 0.05) is 11.1 Å². The highest BCUT2D eigenvalue weighted by molar-refractivity contribution is 5.93. The minimum atomic E-state index is 0.816. The number of hydrogen-bond donors (Lipinski definition) is 1. The van der Waals surface area contributed by atoms with Gasteiger partial charge in [-0.3, -0.25) is 0 Å². The van der Waals surface area contributed by atoms with Crippen LogP contribution in [0.25, 0.3) is 16.6 Å². The Labute approximate surface area is 158 Å². The maximum atomic E-state index is 5.27. The van der Waals surface area contributed by atoms with E-state index in [1.165, 1.54) is 5.56 Å². The molecular weight excluding hydrogens is 338 g/mol. The highest BCUT2D eigenvalue weighted by Crippen LogP contribution is 2.31. The number of ether oxygens (including phenoxy) is 2. The number of methoxy groups -OCH3 is 2. The summed E-state index contributed by atoms with van der Waals surface area (Å²) >= 11 is 0. The van der Waals surface area contributed by atoms with Crippen molar-refractivity contribution in [1.29, 1.82) is 0 Å². The van der Waals surface area contributed by atoms with E-state index in [-0.39, 0.29) is 0 Å². The number of rotatable bonds is 5. The van der Waals surface area contributed by atoms with Crippen LogP contribution in [0.2, 0.25) is 0 Å². The molecule has 0 aliphatic heterocycles. The number of aromatic nitrogens is 2. The Kier molecular flexibility index (Phi) is 4.42. The van der Waals surface area contributed by atoms with Crippen molar-refractivity contribution in [1.82, 2.24) is 9.78 Å². The van der Waals surface area contributed by atoms with Crippen molar-refractivity contribution in [3.63, 3.8) is 0 Å². The van der Waals surface area contributed by atoms with Crippen molar-refractivity contribution in [3.05, 3.63) is 72.3 Å². The van der Waals surface area contributed by atoms with E-state index < -0.39 is 0 Å². The SMILES string of the molecule is COc1ccc(Nc2c3cc(C)ccc3nn2-c2ccc(OC)cc2)cc1. The summed E-state index contributed by atoms with van der Waals surface area (Å²) in [5.74, 6) is 2.56. The summed E-state index contributed by atoms with van der Waals surface area (Å²) < 4.78 is 12.4. The number of anilines is 2. The first-order valence-corrected chi connectivity index (χ1v) is 8.73. The second-order valence-corrected chi connectivity index (χ2v) is 6.33. The Balaban J connectivity index is 1.83. The average molecular weight is 359 g/mol. The molecule has 1 N–H and O–H groups in total. The van der Waals surface area contributed by atoms with Gasteiger partial charge in [-0.2, -0.15) is 5.10 Å². The van der Waals surface area contributed by atoms with E-state index in [1.54, 1.807) is 14.2 Å². The van der Waals surface area contributed by atoms with E-state index >= 15 is 0 Å². The lowest BCUT2D eigenvalue weighted by Gasteiger charge is -2.11. The van der Waals surface area contributed by atoms with Crippen LogP contribution in [0.15, 0.2) is 66.7 Å². The maximum Gasteiger partial charge on any atom is 0.142 e. The van der Waals surface area contributed by atoms with Gasteiger partial charge in [0.05, 0.1) is 25.4 Å². The van der Waals surface area contributed by atoms with Crippen LogP contribution in [-0.2, 0) is 0 Å². The van der Waals surface area contributed by atoms with Crippen LogP contribution in [0.4, 0.5) is 11.5 Å². The number of aryl methyl sites for hydroxylation is 1. The van der Waals surface area contributed by atoms with E-state index in [0.717, 1.165) is 39.6 Å². The van der Waals surface area contributed by atoms with Gasteiger partial charge >= 0.3 is 0 Å². The van der Waals surface area contributed by atoms with Crippen LogP contribution in [0.5, 0.6) is 11.5 Å². The number of nitrogens with one attached hydrogen (secondary N) is 1. The van der Waals surface area contributed by atoms with Crippen molar-refractivity contribution in [2.75, 3.05) is 19.5 Å². The van der Waals surface area contributed by atoms with Crippen LogP contribution in [0.3, 0.4) is 0 Å². The van der Waals surface area contributed by atoms with Gasteiger partial charge in [0.25, 0.3) is 0 Å². The molecule has 136 valence electrons. The monoisotopic (exact) mass is 359 g/mol. The van der Waals surface area contributed by atoms with E-state index in [4.69, 9.17) is 14.6 Å². The summed E-state index contributed by atoms with van der Waals surface area (Å²) in [6.45, 7) is 2.08. The van der Waals surface area contributed by atoms with E-state index in [0.29, 0.717) is 0 Å². The first-order chi connectivity index (χ1) is 13.2. The minimum Gasteiger partial charge on any atom is -0.497 e. The van der Waals surface area contributed by atoms with Gasteiger partial charge in [0.15, 0.2) is 0 Å². The zero-order valence-electron chi connectivity index (χ0n) is 15.6. The molecule has 0 saturated carbocycles. The van der Waals surface area contributed by atoms with E-state index in [2.05, 4.69) is 24.4 Å². The smallest absolute Gasteiger partial charge is 0.142 e. The highest BCUT2D eigenvalue weighted by atomic mass is 16.5. The molecule has 0 unspecified atom stereocenters. The fourth-order valence-electron chi connectivity index (χ4n) is 3.04. The molecule has 0 radical (unpaired) electrons. The normalized spacial score (nSPS) is 10.8. The molecule has 1 aromatic heterocycles. The van der Waals surface area contributed by atoms with Crippen molar-refractivity contribution in [2.24, 2.45) is 0 Å². The Morgan fingerprint density at radius 1 is 0.815 bits per heavy atom. The summed E-state index contributed by atoms with van der Waals surface area (Å²) in [5, 5.41) is 9.38. The van der Waals surface area contributed by atoms with Crippen LogP contribution in [0.1, 0.15) is 5.56 Å². The Hall–Kier alpha value is -3.47. The van der Waals surface area contributed by atoms with E-state index in [9.17, 15) is 0 Å². The van der Waals surface area contributed by atoms with E-state index in [1.807, 2.05) is 59.3 Å². The van der Waals surface area contributed by atoms with Gasteiger partial charge in [0.1, 0.15) is 17.3 Å². The molecular formula is C22H21N3O2. The van der Waals surface area contributed by atoms with Gasteiger partial charge in [0.2, 0.25) is 0 Å². The third-order valence-electron chi connectivity index (χ3n) is 4.50. The second kappa shape index (κ2) is 7.03. The highest BCUT2D eigenvalue weighted by Gasteiger charge is 2.13. The fraction of sp³-hybridized carbons (Fsp3) is 0.136. The number of benzene rings is 3. The molecule has 5 heteroatoms. The largest absolute Gasteiger partial charge is 0.497 e. The van der Waals surface area contributed by atoms with Crippen molar-refractivity contribution in [2.45, 2.75) is 6.92 Å². The molecule has 4 aromatic rings. The van der Waals surface area contributed by atoms with Gasteiger partial charge < -0.3 is 14.8 Å². The molecule has 27 heavy (non-hydrogen) atoms. The maximum absolute atomic E-state index is 5.27. The molecule has 0 aliphatic rings. The molecule has 0 amide bonds. The Morgan fingerprint density at radius 2 is 1.44 bits per heavy atom. The van der Waals surface area contributed by atoms with Crippen LogP contribution < -0.4 is 14.8 Å². The lowest BCUT2D eigenvalue weighted by Crippen LogP contribution is -2.02. The van der Waals surface area contributed by atoms with Crippen LogP contribution in [0, 0.1) is 6.92 Å². The van der Waals surface area contributed by atoms with Gasteiger partial charge in [-0.25, -0.2) is 4.68 Å². The number of nitrogens with zero attached hydrogens (tertiary/aromatic N) is 2. The minimum absolute atomic E-state index is 0.816. The number of hydrogen-bond acceptors (Lipinski definition) is 4. The molecule has 4 rings (SSSR count). The van der Waals surface area contributed by atoms with Crippen molar-refractivity contribution >= 4 is 22.4 Å². The van der Waals surface area contributed by atoms with Crippen molar-refractivity contribution in [3.8, 4) is 17.2 Å². The predicted octanol–water partition coefficient (Wildman–Crippen LogP) is 5.09. The zero-order valence-corrected chi connectivity index (χ0v) is 15.6. The second-order valence-electron chi connectivity index (χ2n) is 6.33. The molecule has 5 nitrogen and oxygen atoms in total. The molecule has 0 bridgehead atoms.